The highest BCUT2D eigenvalue weighted by Gasteiger charge is 2.39. The fraction of sp³-hybridized carbons (Fsp3) is 0.571. The molecular formula is C14H19N5O3S2. The van der Waals surface area contributed by atoms with Crippen LogP contribution in [0.1, 0.15) is 25.1 Å². The molecule has 4 rings (SSSR count). The van der Waals surface area contributed by atoms with Crippen LogP contribution in [0.25, 0.3) is 11.6 Å². The van der Waals surface area contributed by atoms with Crippen LogP contribution in [-0.4, -0.2) is 52.4 Å². The number of sulfonamides is 1. The maximum absolute atomic E-state index is 12.7. The van der Waals surface area contributed by atoms with Gasteiger partial charge in [-0.1, -0.05) is 5.16 Å². The molecule has 8 nitrogen and oxygen atoms in total. The predicted molar refractivity (Wildman–Crippen MR) is 89.9 cm³/mol. The van der Waals surface area contributed by atoms with E-state index in [4.69, 9.17) is 10.3 Å². The van der Waals surface area contributed by atoms with Crippen molar-refractivity contribution in [3.05, 3.63) is 18.1 Å². The summed E-state index contributed by atoms with van der Waals surface area (Å²) in [5, 5.41) is 3.95. The highest BCUT2D eigenvalue weighted by atomic mass is 32.2. The average Bonchev–Trinajstić information content (AvgIpc) is 3.23. The van der Waals surface area contributed by atoms with Gasteiger partial charge in [-0.25, -0.2) is 8.42 Å². The fourth-order valence-electron chi connectivity index (χ4n) is 2.90. The molecule has 2 aliphatic rings. The number of H-pyrrole nitrogens is 1. The smallest absolute Gasteiger partial charge is 0.274 e. The Kier molecular flexibility index (Phi) is 3.94. The first-order valence-corrected chi connectivity index (χ1v) is 10.5. The fourth-order valence-corrected chi connectivity index (χ4v) is 5.47. The number of aromatic amines is 1. The molecule has 3 N–H and O–H groups in total. The van der Waals surface area contributed by atoms with Gasteiger partial charge in [0.05, 0.1) is 5.54 Å². The van der Waals surface area contributed by atoms with E-state index in [1.54, 1.807) is 17.8 Å². The summed E-state index contributed by atoms with van der Waals surface area (Å²) < 4.78 is 32.1. The lowest BCUT2D eigenvalue weighted by molar-refractivity contribution is 0.229. The first-order chi connectivity index (χ1) is 11.5. The number of aromatic nitrogens is 3. The second kappa shape index (κ2) is 5.87. The van der Waals surface area contributed by atoms with Crippen LogP contribution in [0.15, 0.2) is 21.7 Å². The topological polar surface area (TPSA) is 118 Å². The quantitative estimate of drug-likeness (QED) is 0.829. The van der Waals surface area contributed by atoms with Crippen molar-refractivity contribution in [1.29, 1.82) is 0 Å². The average molecular weight is 369 g/mol. The zero-order chi connectivity index (χ0) is 16.8. The summed E-state index contributed by atoms with van der Waals surface area (Å²) in [4.78, 5) is 7.47. The van der Waals surface area contributed by atoms with Gasteiger partial charge in [0.1, 0.15) is 10.6 Å². The summed E-state index contributed by atoms with van der Waals surface area (Å²) in [6, 6.07) is 1.54. The molecule has 1 aliphatic carbocycles. The third kappa shape index (κ3) is 2.67. The minimum atomic E-state index is -3.49. The molecule has 1 aliphatic heterocycles. The van der Waals surface area contributed by atoms with Crippen molar-refractivity contribution in [2.24, 2.45) is 5.73 Å². The molecule has 0 unspecified atom stereocenters. The molecule has 2 aromatic rings. The number of thioether (sulfide) groups is 1. The van der Waals surface area contributed by atoms with E-state index < -0.39 is 15.6 Å². The normalized spacial score (nSPS) is 21.5. The first-order valence-electron chi connectivity index (χ1n) is 7.89. The Labute approximate surface area is 144 Å². The molecular weight excluding hydrogens is 350 g/mol. The molecule has 0 bridgehead atoms. The molecule has 2 aromatic heterocycles. The van der Waals surface area contributed by atoms with E-state index in [0.717, 1.165) is 30.8 Å². The molecule has 10 heteroatoms. The van der Waals surface area contributed by atoms with Crippen molar-refractivity contribution < 1.29 is 12.9 Å². The molecule has 0 atom stereocenters. The lowest BCUT2D eigenvalue weighted by atomic mass is 9.77. The number of nitrogens with one attached hydrogen (secondary N) is 1. The van der Waals surface area contributed by atoms with Crippen molar-refractivity contribution in [2.75, 3.05) is 24.6 Å². The molecule has 0 spiro atoms. The van der Waals surface area contributed by atoms with Gasteiger partial charge in [-0.2, -0.15) is 21.1 Å². The van der Waals surface area contributed by atoms with Crippen molar-refractivity contribution in [2.45, 2.75) is 29.7 Å². The van der Waals surface area contributed by atoms with Crippen LogP contribution in [0.3, 0.4) is 0 Å². The largest absolute Gasteiger partial charge is 0.356 e. The molecule has 24 heavy (non-hydrogen) atoms. The van der Waals surface area contributed by atoms with Gasteiger partial charge in [0.25, 0.3) is 5.89 Å². The minimum absolute atomic E-state index is 0.218. The van der Waals surface area contributed by atoms with Crippen molar-refractivity contribution >= 4 is 21.8 Å². The Hall–Kier alpha value is -1.36. The minimum Gasteiger partial charge on any atom is -0.356 e. The van der Waals surface area contributed by atoms with Gasteiger partial charge in [0.15, 0.2) is 5.82 Å². The monoisotopic (exact) mass is 369 g/mol. The number of rotatable bonds is 4. The highest BCUT2D eigenvalue weighted by molar-refractivity contribution is 7.99. The number of hydrogen-bond donors (Lipinski definition) is 2. The Morgan fingerprint density at radius 2 is 2.08 bits per heavy atom. The van der Waals surface area contributed by atoms with Gasteiger partial charge in [0, 0.05) is 30.8 Å². The van der Waals surface area contributed by atoms with Gasteiger partial charge in [-0.05, 0) is 25.3 Å². The summed E-state index contributed by atoms with van der Waals surface area (Å²) in [5.74, 6) is 2.39. The second-order valence-corrected chi connectivity index (χ2v) is 9.36. The number of nitrogens with zero attached hydrogens (tertiary/aromatic N) is 3. The molecule has 1 saturated heterocycles. The zero-order valence-electron chi connectivity index (χ0n) is 13.1. The molecule has 2 fully saturated rings. The first kappa shape index (κ1) is 16.1. The van der Waals surface area contributed by atoms with E-state index >= 15 is 0 Å². The third-order valence-corrected chi connectivity index (χ3v) is 7.43. The number of hydrogen-bond acceptors (Lipinski definition) is 7. The van der Waals surface area contributed by atoms with Crippen molar-refractivity contribution in [3.63, 3.8) is 0 Å². The van der Waals surface area contributed by atoms with E-state index in [0.29, 0.717) is 24.6 Å². The van der Waals surface area contributed by atoms with E-state index in [1.807, 2.05) is 0 Å². The second-order valence-electron chi connectivity index (χ2n) is 6.20. The van der Waals surface area contributed by atoms with Gasteiger partial charge in [-0.15, -0.1) is 0 Å². The molecule has 0 radical (unpaired) electrons. The number of nitrogens with two attached hydrogens (primary N) is 1. The van der Waals surface area contributed by atoms with Crippen LogP contribution < -0.4 is 5.73 Å². The molecule has 1 saturated carbocycles. The van der Waals surface area contributed by atoms with Crippen LogP contribution in [0, 0.1) is 0 Å². The summed E-state index contributed by atoms with van der Waals surface area (Å²) in [5.41, 5.74) is 6.17. The SMILES string of the molecule is NC1(c2noc(-c3cc(S(=O)(=O)N4CCSCC4)c[nH]3)n2)CCC1. The third-order valence-electron chi connectivity index (χ3n) is 4.61. The van der Waals surface area contributed by atoms with Crippen LogP contribution >= 0.6 is 11.8 Å². The summed E-state index contributed by atoms with van der Waals surface area (Å²) in [6.07, 6.45) is 4.20. The summed E-state index contributed by atoms with van der Waals surface area (Å²) in [7, 11) is -3.49. The summed E-state index contributed by atoms with van der Waals surface area (Å²) >= 11 is 1.77. The Morgan fingerprint density at radius 3 is 2.75 bits per heavy atom. The van der Waals surface area contributed by atoms with Gasteiger partial charge in [0.2, 0.25) is 10.0 Å². The van der Waals surface area contributed by atoms with E-state index in [-0.39, 0.29) is 10.8 Å². The Bertz CT molecular complexity index is 834. The lowest BCUT2D eigenvalue weighted by Crippen LogP contribution is -2.44. The maximum atomic E-state index is 12.7. The molecule has 0 aromatic carbocycles. The van der Waals surface area contributed by atoms with Crippen LogP contribution in [0.4, 0.5) is 0 Å². The van der Waals surface area contributed by atoms with Crippen LogP contribution in [-0.2, 0) is 15.6 Å². The van der Waals surface area contributed by atoms with Crippen molar-refractivity contribution in [1.82, 2.24) is 19.4 Å². The van der Waals surface area contributed by atoms with E-state index in [9.17, 15) is 8.42 Å². The molecule has 0 amide bonds. The maximum Gasteiger partial charge on any atom is 0.274 e. The van der Waals surface area contributed by atoms with Gasteiger partial charge in [-0.3, -0.25) is 0 Å². The van der Waals surface area contributed by atoms with Gasteiger partial charge >= 0.3 is 0 Å². The zero-order valence-corrected chi connectivity index (χ0v) is 14.7. The van der Waals surface area contributed by atoms with Crippen LogP contribution in [0.5, 0.6) is 0 Å². The Balaban J connectivity index is 1.58. The van der Waals surface area contributed by atoms with Crippen LogP contribution in [0.2, 0.25) is 0 Å². The molecule has 3 heterocycles. The molecule has 130 valence electrons. The lowest BCUT2D eigenvalue weighted by Gasteiger charge is -2.34. The van der Waals surface area contributed by atoms with E-state index in [2.05, 4.69) is 15.1 Å². The Morgan fingerprint density at radius 1 is 1.33 bits per heavy atom. The van der Waals surface area contributed by atoms with Gasteiger partial charge < -0.3 is 15.2 Å². The highest BCUT2D eigenvalue weighted by Crippen LogP contribution is 2.37. The van der Waals surface area contributed by atoms with Crippen molar-refractivity contribution in [3.8, 4) is 11.6 Å². The summed E-state index contributed by atoms with van der Waals surface area (Å²) in [6.45, 7) is 1.07. The standard InChI is InChI=1S/C14H19N5O3S2/c15-14(2-1-3-14)13-17-12(22-18-13)11-8-10(9-16-11)24(20,21)19-4-6-23-7-5-19/h8-9,16H,1-7,15H2. The predicted octanol–water partition coefficient (Wildman–Crippen LogP) is 1.14. The van der Waals surface area contributed by atoms with E-state index in [1.165, 1.54) is 10.5 Å².